The number of nitrogens with zero attached hydrogens (tertiary/aromatic N) is 11. The Bertz CT molecular complexity index is 5080. The lowest BCUT2D eigenvalue weighted by molar-refractivity contribution is -0.383. The molecule has 0 atom stereocenters. The number of carbonyl (C=O) groups excluding carboxylic acids is 1. The van der Waals surface area contributed by atoms with Gasteiger partial charge in [0.05, 0.1) is 44.1 Å². The topological polar surface area (TPSA) is 194 Å². The molecule has 123 heavy (non-hydrogen) atoms. The molecule has 14 aromatic rings. The summed E-state index contributed by atoms with van der Waals surface area (Å²) in [5.41, 5.74) is 19.3. The Morgan fingerprint density at radius 3 is 1.25 bits per heavy atom. The third kappa shape index (κ3) is 32.7. The number of nitro benzene ring substituents is 1. The second kappa shape index (κ2) is 63.2. The number of hydrogen-bond donors (Lipinski definition) is 3. The van der Waals surface area contributed by atoms with E-state index in [0.717, 1.165) is 136 Å². The van der Waals surface area contributed by atoms with E-state index in [2.05, 4.69) is 207 Å². The van der Waals surface area contributed by atoms with Crippen LogP contribution in [0, 0.1) is 10.1 Å². The number of para-hydroxylation sites is 7. The number of carbonyl (C=O) groups is 1. The molecule has 664 valence electrons. The van der Waals surface area contributed by atoms with Gasteiger partial charge < -0.3 is 35.3 Å². The van der Waals surface area contributed by atoms with Gasteiger partial charge in [-0.15, -0.1) is 47.2 Å². The number of pyridine rings is 5. The normalized spacial score (nSPS) is 14.2. The van der Waals surface area contributed by atoms with Crippen molar-refractivity contribution in [1.82, 2.24) is 49.6 Å². The van der Waals surface area contributed by atoms with Crippen LogP contribution in [0.4, 0.5) is 22.7 Å². The number of non-ortho nitro benzene ring substituents is 1. The zero-order valence-electron chi connectivity index (χ0n) is 76.3. The minimum Gasteiger partial charge on any atom is -0.397 e. The van der Waals surface area contributed by atoms with Crippen LogP contribution in [0.3, 0.4) is 0 Å². The molecule has 2 saturated carbocycles. The molecule has 18 rings (SSSR count). The molecule has 0 unspecified atom stereocenters. The molecule has 4 N–H and O–H groups in total. The Kier molecular flexibility index (Phi) is 55.1. The molecule has 9 heterocycles. The van der Waals surface area contributed by atoms with Crippen LogP contribution in [0.5, 0.6) is 0 Å². The summed E-state index contributed by atoms with van der Waals surface area (Å²) in [7, 11) is 4.28. The van der Waals surface area contributed by atoms with Crippen molar-refractivity contribution in [2.75, 3.05) is 99.1 Å². The van der Waals surface area contributed by atoms with Gasteiger partial charge in [0, 0.05) is 215 Å². The summed E-state index contributed by atoms with van der Waals surface area (Å²) in [4.78, 5) is 50.6. The molecule has 7 aromatic carbocycles. The molecule has 0 spiro atoms. The molecule has 7 aromatic heterocycles. The average Bonchev–Trinajstić information content (AvgIpc) is 1.65. The highest BCUT2D eigenvalue weighted by atomic mass is 35.5. The van der Waals surface area contributed by atoms with Gasteiger partial charge in [0.25, 0.3) is 5.69 Å². The number of anilines is 3. The minimum absolute atomic E-state index is 0. The Hall–Kier alpha value is -9.82. The number of piperazine rings is 2. The molecule has 4 fully saturated rings. The molecule has 0 amide bonds. The molecule has 0 bridgehead atoms. The van der Waals surface area contributed by atoms with Gasteiger partial charge in [-0.05, 0) is 128 Å². The molecule has 21 heteroatoms. The number of nitro groups is 1. The Balaban J connectivity index is 0.000000376. The van der Waals surface area contributed by atoms with Gasteiger partial charge in [-0.1, -0.05) is 230 Å². The summed E-state index contributed by atoms with van der Waals surface area (Å²) in [6.07, 6.45) is 23.8. The van der Waals surface area contributed by atoms with Crippen LogP contribution in [0.15, 0.2) is 250 Å². The Labute approximate surface area is 756 Å². The maximum Gasteiger partial charge on any atom is 0.295 e. The molecule has 2 aliphatic carbocycles. The fraction of sp³-hybridized carbons (Fsp3) is 0.392. The second-order valence-electron chi connectivity index (χ2n) is 27.1. The lowest BCUT2D eigenvalue weighted by atomic mass is 9.81. The van der Waals surface area contributed by atoms with Crippen LogP contribution in [0.25, 0.3) is 76.3 Å². The van der Waals surface area contributed by atoms with Crippen molar-refractivity contribution in [3.63, 3.8) is 0 Å². The summed E-state index contributed by atoms with van der Waals surface area (Å²) in [6, 6.07) is 69.7. The number of halogens is 4. The fourth-order valence-corrected chi connectivity index (χ4v) is 15.2. The molecule has 2 saturated heterocycles. The summed E-state index contributed by atoms with van der Waals surface area (Å²) in [5.74, 6) is 3.04. The first-order valence-electron chi connectivity index (χ1n) is 44.3. The van der Waals surface area contributed by atoms with Crippen molar-refractivity contribution in [1.29, 1.82) is 0 Å². The zero-order valence-corrected chi connectivity index (χ0v) is 79.4. The van der Waals surface area contributed by atoms with Crippen molar-refractivity contribution in [2.45, 2.75) is 166 Å². The van der Waals surface area contributed by atoms with Gasteiger partial charge >= 0.3 is 0 Å². The van der Waals surface area contributed by atoms with E-state index in [1.54, 1.807) is 42.2 Å². The average molecular weight is 1750 g/mol. The first-order valence-corrected chi connectivity index (χ1v) is 46.1. The molecule has 17 nitrogen and oxygen atoms in total. The standard InChI is InChI=1S/C28H32N4.C15H17NO.C13H15N3.C9H6N2O2.C9H8N2.C9H7N.C4H9Cl2N.7C2H6.CH3Cl.ClH/c1-30-20-25(24-8-2-3-9-26(24)30)21-11-13-23(14-12-21)31-16-18-32(19-17-31)27-10-4-6-22-7-5-15-29-28(22)27;1-16-10-14(11-6-8-12(17)9-7-11)13-4-2-3-5-15(13)16;1-3-11-4-2-6-15-13(11)12(5-1)16-9-7-14-8-10-16;12-11(13)8-5-1-3-7-4-2-6-10-9(7)8;10-8-5-1-3-7-4-2-6-11-9(7)8;1-2-6-9-8(4-1)5-3-7-10-9;5-1-3-7-4-2-6;8*1-2;/h2-10,15,20-21,23H,11-14,16-19H2,1H3;2-5,10-11H,6-9H2,1H3;1-6,14H,7-10H2;1-6H;1-6H,10H2;1-7H;7H,1-4H2;7*1-2H3;1H3;1H. The number of Topliss-reactive ketones (excluding diaryl/α,β-unsaturated/α-hetero) is 1. The third-order valence-corrected chi connectivity index (χ3v) is 20.7. The molecule has 2 aliphatic heterocycles. The van der Waals surface area contributed by atoms with Crippen molar-refractivity contribution < 1.29 is 9.72 Å². The smallest absolute Gasteiger partial charge is 0.295 e. The zero-order chi connectivity index (χ0) is 89.4. The van der Waals surface area contributed by atoms with Gasteiger partial charge in [0.15, 0.2) is 0 Å². The highest BCUT2D eigenvalue weighted by Crippen LogP contribution is 2.40. The first-order chi connectivity index (χ1) is 60.0. The Morgan fingerprint density at radius 2 is 0.797 bits per heavy atom. The van der Waals surface area contributed by atoms with Crippen LogP contribution in [0.2, 0.25) is 0 Å². The van der Waals surface area contributed by atoms with Crippen molar-refractivity contribution >= 4 is 152 Å². The van der Waals surface area contributed by atoms with Gasteiger partial charge in [0.2, 0.25) is 0 Å². The summed E-state index contributed by atoms with van der Waals surface area (Å²) < 4.78 is 4.50. The largest absolute Gasteiger partial charge is 0.397 e. The summed E-state index contributed by atoms with van der Waals surface area (Å²) in [6.45, 7) is 38.5. The van der Waals surface area contributed by atoms with Crippen LogP contribution in [0.1, 0.15) is 171 Å². The highest BCUT2D eigenvalue weighted by molar-refractivity contribution is 6.18. The molecular formula is C102H140Cl4N14O3. The van der Waals surface area contributed by atoms with E-state index in [1.807, 2.05) is 182 Å². The Morgan fingerprint density at radius 1 is 0.431 bits per heavy atom. The third-order valence-electron chi connectivity index (χ3n) is 20.4. The SMILES string of the molecule is CC.CC.CC.CC.CC.CC.CC.CCl.Cl.ClCCNCCCl.Cn1cc(C2CCC(=O)CC2)c2ccccc21.Cn1cc(C2CCC(N3CCN(c4cccc5cccnc45)CC3)CC2)c2ccccc21.Nc1cccc2cccnc12.O=[N+]([O-])c1cccc2cccnc12.c1ccc2ncccc2c1.c1cnc2c(N3CCNCC3)cccc2c1. The molecular weight excluding hydrogens is 1610 g/mol. The number of alkyl halides is 3. The fourth-order valence-electron chi connectivity index (χ4n) is 15.0. The van der Waals surface area contributed by atoms with Crippen LogP contribution >= 0.6 is 47.2 Å². The maximum atomic E-state index is 11.3. The number of benzene rings is 7. The highest BCUT2D eigenvalue weighted by Gasteiger charge is 2.31. The van der Waals surface area contributed by atoms with E-state index >= 15 is 0 Å². The van der Waals surface area contributed by atoms with Crippen molar-refractivity contribution in [3.05, 3.63) is 271 Å². The quantitative estimate of drug-likeness (QED) is 0.0385. The van der Waals surface area contributed by atoms with Crippen LogP contribution in [-0.4, -0.2) is 139 Å². The number of rotatable bonds is 10. The van der Waals surface area contributed by atoms with E-state index in [0.29, 0.717) is 34.9 Å². The number of aryl methyl sites for hydroxylation is 2. The monoisotopic (exact) mass is 1750 g/mol. The van der Waals surface area contributed by atoms with Gasteiger partial charge in [0.1, 0.15) is 11.3 Å². The van der Waals surface area contributed by atoms with E-state index < -0.39 is 4.92 Å². The van der Waals surface area contributed by atoms with Crippen LogP contribution < -0.4 is 26.2 Å². The number of aromatic nitrogens is 7. The molecule has 0 radical (unpaired) electrons. The first kappa shape index (κ1) is 107. The van der Waals surface area contributed by atoms with Crippen molar-refractivity contribution in [2.24, 2.45) is 14.1 Å². The maximum absolute atomic E-state index is 11.3. The van der Waals surface area contributed by atoms with Gasteiger partial charge in [-0.25, -0.2) is 4.98 Å². The van der Waals surface area contributed by atoms with E-state index in [9.17, 15) is 14.9 Å². The summed E-state index contributed by atoms with van der Waals surface area (Å²) >= 11 is 15.3. The van der Waals surface area contributed by atoms with Gasteiger partial charge in [-0.2, -0.15) is 0 Å². The lowest BCUT2D eigenvalue weighted by Gasteiger charge is -2.42. The van der Waals surface area contributed by atoms with Crippen molar-refractivity contribution in [3.8, 4) is 0 Å². The lowest BCUT2D eigenvalue weighted by Crippen LogP contribution is -2.51. The summed E-state index contributed by atoms with van der Waals surface area (Å²) in [5, 5.41) is 25.3. The number of nitrogen functional groups attached to an aromatic ring is 1. The number of fused-ring (bicyclic) bond motifs is 7. The number of nitrogens with one attached hydrogen (secondary N) is 2. The van der Waals surface area contributed by atoms with Gasteiger partial charge in [-0.3, -0.25) is 39.7 Å². The number of ketones is 1. The van der Waals surface area contributed by atoms with E-state index in [4.69, 9.17) is 28.9 Å². The van der Waals surface area contributed by atoms with E-state index in [1.165, 1.54) is 93.0 Å². The van der Waals surface area contributed by atoms with E-state index in [-0.39, 0.29) is 18.1 Å². The number of hydrogen-bond acceptors (Lipinski definition) is 14. The minimum atomic E-state index is -0.421. The predicted molar refractivity (Wildman–Crippen MR) is 538 cm³/mol. The molecule has 4 aliphatic rings. The van der Waals surface area contributed by atoms with Crippen LogP contribution in [-0.2, 0) is 18.9 Å². The predicted octanol–water partition coefficient (Wildman–Crippen LogP) is 26.3. The number of nitrogens with two attached hydrogens (primary N) is 1. The second-order valence-corrected chi connectivity index (χ2v) is 27.8.